The third-order valence-corrected chi connectivity index (χ3v) is 7.45. The molecule has 0 spiro atoms. The molecule has 2 N–H and O–H groups in total. The maximum atomic E-state index is 11.5. The van der Waals surface area contributed by atoms with E-state index in [9.17, 15) is 19.8 Å². The van der Waals surface area contributed by atoms with Crippen molar-refractivity contribution >= 4 is 38.5 Å². The van der Waals surface area contributed by atoms with Crippen LogP contribution in [0.3, 0.4) is 0 Å². The molecular formula is C14H22O4Si2. The van der Waals surface area contributed by atoms with Crippen LogP contribution in [0.4, 0.5) is 0 Å². The first-order valence-electron chi connectivity index (χ1n) is 6.52. The summed E-state index contributed by atoms with van der Waals surface area (Å²) in [6.45, 7) is 12.4. The fourth-order valence-corrected chi connectivity index (χ4v) is 8.53. The Morgan fingerprint density at radius 2 is 1.00 bits per heavy atom. The zero-order valence-corrected chi connectivity index (χ0v) is 14.9. The number of carbonyl (C=O) groups is 2. The molecule has 0 saturated heterocycles. The third-order valence-electron chi connectivity index (χ3n) is 3.17. The lowest BCUT2D eigenvalue weighted by Gasteiger charge is -2.31. The second-order valence-corrected chi connectivity index (χ2v) is 17.0. The van der Waals surface area contributed by atoms with Gasteiger partial charge in [0, 0.05) is 0 Å². The molecule has 6 heteroatoms. The summed E-state index contributed by atoms with van der Waals surface area (Å²) in [5.41, 5.74) is 0.540. The second-order valence-electron chi connectivity index (χ2n) is 7.02. The lowest BCUT2D eigenvalue weighted by molar-refractivity contribution is 0.0683. The largest absolute Gasteiger partial charge is 0.478 e. The van der Waals surface area contributed by atoms with Gasteiger partial charge in [0.2, 0.25) is 0 Å². The SMILES string of the molecule is C[Si](C)(C)c1c(C(=O)O)ccc(C(=O)O)c1[Si](C)(C)C. The van der Waals surface area contributed by atoms with Gasteiger partial charge >= 0.3 is 11.9 Å². The standard InChI is InChI=1S/C14H22O4Si2/c1-19(2,3)11-9(13(15)16)7-8-10(14(17)18)12(11)20(4,5)6/h7-8H,1-6H3,(H,15,16)(H,17,18). The van der Waals surface area contributed by atoms with Crippen LogP contribution in [0, 0.1) is 0 Å². The molecule has 0 fully saturated rings. The van der Waals surface area contributed by atoms with Crippen LogP contribution in [-0.4, -0.2) is 38.3 Å². The molecule has 110 valence electrons. The smallest absolute Gasteiger partial charge is 0.335 e. The van der Waals surface area contributed by atoms with Gasteiger partial charge in [0.05, 0.1) is 27.3 Å². The number of hydrogen-bond acceptors (Lipinski definition) is 2. The Labute approximate surface area is 121 Å². The van der Waals surface area contributed by atoms with Gasteiger partial charge in [-0.15, -0.1) is 0 Å². The zero-order valence-electron chi connectivity index (χ0n) is 12.9. The van der Waals surface area contributed by atoms with Crippen molar-refractivity contribution < 1.29 is 19.8 Å². The summed E-state index contributed by atoms with van der Waals surface area (Å²) in [5, 5.41) is 20.5. The highest BCUT2D eigenvalue weighted by atomic mass is 28.3. The maximum absolute atomic E-state index is 11.5. The minimum Gasteiger partial charge on any atom is -0.478 e. The topological polar surface area (TPSA) is 74.6 Å². The Balaban J connectivity index is 3.94. The van der Waals surface area contributed by atoms with Crippen molar-refractivity contribution in [1.29, 1.82) is 0 Å². The van der Waals surface area contributed by atoms with Crippen molar-refractivity contribution in [3.8, 4) is 0 Å². The first-order chi connectivity index (χ1) is 8.87. The van der Waals surface area contributed by atoms with Gasteiger partial charge in [0.25, 0.3) is 0 Å². The van der Waals surface area contributed by atoms with Crippen molar-refractivity contribution in [1.82, 2.24) is 0 Å². The van der Waals surface area contributed by atoms with Crippen molar-refractivity contribution in [2.45, 2.75) is 39.3 Å². The van der Waals surface area contributed by atoms with E-state index in [2.05, 4.69) is 39.3 Å². The van der Waals surface area contributed by atoms with E-state index in [-0.39, 0.29) is 11.1 Å². The normalized spacial score (nSPS) is 12.3. The van der Waals surface area contributed by atoms with E-state index >= 15 is 0 Å². The van der Waals surface area contributed by atoms with Crippen molar-refractivity contribution in [2.24, 2.45) is 0 Å². The summed E-state index contributed by atoms with van der Waals surface area (Å²) in [4.78, 5) is 23.0. The number of aromatic carboxylic acids is 2. The van der Waals surface area contributed by atoms with Crippen molar-refractivity contribution in [2.75, 3.05) is 0 Å². The first-order valence-corrected chi connectivity index (χ1v) is 13.5. The minimum absolute atomic E-state index is 0.270. The molecule has 20 heavy (non-hydrogen) atoms. The number of carboxylic acids is 2. The third kappa shape index (κ3) is 3.18. The highest BCUT2D eigenvalue weighted by molar-refractivity contribution is 6.99. The molecule has 0 unspecified atom stereocenters. The predicted octanol–water partition coefficient (Wildman–Crippen LogP) is 2.17. The van der Waals surface area contributed by atoms with Gasteiger partial charge in [-0.3, -0.25) is 0 Å². The molecule has 1 aromatic rings. The molecule has 0 heterocycles. The summed E-state index contributed by atoms with van der Waals surface area (Å²) >= 11 is 0. The van der Waals surface area contributed by atoms with E-state index in [1.54, 1.807) is 0 Å². The fraction of sp³-hybridized carbons (Fsp3) is 0.429. The van der Waals surface area contributed by atoms with Gasteiger partial charge in [0.15, 0.2) is 0 Å². The number of rotatable bonds is 4. The quantitative estimate of drug-likeness (QED) is 0.836. The van der Waals surface area contributed by atoms with E-state index in [1.165, 1.54) is 12.1 Å². The van der Waals surface area contributed by atoms with Gasteiger partial charge in [-0.2, -0.15) is 0 Å². The fourth-order valence-electron chi connectivity index (χ4n) is 2.52. The maximum Gasteiger partial charge on any atom is 0.335 e. The van der Waals surface area contributed by atoms with Gasteiger partial charge < -0.3 is 10.2 Å². The van der Waals surface area contributed by atoms with Gasteiger partial charge in [0.1, 0.15) is 0 Å². The molecule has 0 aliphatic rings. The summed E-state index contributed by atoms with van der Waals surface area (Å²) in [6.07, 6.45) is 0. The highest BCUT2D eigenvalue weighted by Crippen LogP contribution is 2.14. The van der Waals surface area contributed by atoms with Crippen LogP contribution in [0.1, 0.15) is 20.7 Å². The summed E-state index contributed by atoms with van der Waals surface area (Å²) in [5.74, 6) is -1.95. The molecule has 0 amide bonds. The molecule has 0 aliphatic carbocycles. The van der Waals surface area contributed by atoms with Gasteiger partial charge in [-0.25, -0.2) is 9.59 Å². The molecule has 0 saturated carbocycles. The molecule has 0 aliphatic heterocycles. The predicted molar refractivity (Wildman–Crippen MR) is 86.3 cm³/mol. The van der Waals surface area contributed by atoms with Gasteiger partial charge in [-0.1, -0.05) is 39.3 Å². The molecule has 1 aromatic carbocycles. The van der Waals surface area contributed by atoms with Crippen molar-refractivity contribution in [3.63, 3.8) is 0 Å². The number of carboxylic acid groups (broad SMARTS) is 2. The average molecular weight is 310 g/mol. The lowest BCUT2D eigenvalue weighted by Crippen LogP contribution is -2.60. The Bertz CT molecular complexity index is 515. The van der Waals surface area contributed by atoms with Crippen LogP contribution < -0.4 is 10.4 Å². The molecule has 4 nitrogen and oxygen atoms in total. The Morgan fingerprint density at radius 3 is 1.15 bits per heavy atom. The van der Waals surface area contributed by atoms with Crippen LogP contribution in [0.15, 0.2) is 12.1 Å². The average Bonchev–Trinajstić information content (AvgIpc) is 2.24. The Kier molecular flexibility index (Phi) is 4.31. The van der Waals surface area contributed by atoms with Crippen molar-refractivity contribution in [3.05, 3.63) is 23.3 Å². The Hall–Kier alpha value is -1.41. The molecule has 0 atom stereocenters. The molecular weight excluding hydrogens is 288 g/mol. The monoisotopic (exact) mass is 310 g/mol. The van der Waals surface area contributed by atoms with E-state index in [1.807, 2.05) is 0 Å². The molecule has 1 rings (SSSR count). The van der Waals surface area contributed by atoms with Crippen LogP contribution in [0.5, 0.6) is 0 Å². The second kappa shape index (κ2) is 5.18. The molecule has 0 bridgehead atoms. The summed E-state index contributed by atoms with van der Waals surface area (Å²) in [7, 11) is -3.96. The number of hydrogen-bond donors (Lipinski definition) is 2. The minimum atomic E-state index is -1.98. The van der Waals surface area contributed by atoms with E-state index in [0.29, 0.717) is 0 Å². The molecule has 0 aromatic heterocycles. The van der Waals surface area contributed by atoms with Gasteiger partial charge in [-0.05, 0) is 22.5 Å². The highest BCUT2D eigenvalue weighted by Gasteiger charge is 2.35. The molecule has 0 radical (unpaired) electrons. The van der Waals surface area contributed by atoms with Crippen LogP contribution in [0.2, 0.25) is 39.3 Å². The number of benzene rings is 1. The van der Waals surface area contributed by atoms with E-state index < -0.39 is 28.1 Å². The van der Waals surface area contributed by atoms with Crippen LogP contribution in [0.25, 0.3) is 0 Å². The van der Waals surface area contributed by atoms with E-state index in [0.717, 1.165) is 10.4 Å². The lowest BCUT2D eigenvalue weighted by atomic mass is 10.1. The van der Waals surface area contributed by atoms with Crippen LogP contribution in [-0.2, 0) is 0 Å². The summed E-state index contributed by atoms with van der Waals surface area (Å²) in [6, 6.07) is 2.89. The first kappa shape index (κ1) is 16.6. The zero-order chi connectivity index (χ0) is 15.9. The Morgan fingerprint density at radius 1 is 0.750 bits per heavy atom. The summed E-state index contributed by atoms with van der Waals surface area (Å²) < 4.78 is 0. The van der Waals surface area contributed by atoms with E-state index in [4.69, 9.17) is 0 Å². The van der Waals surface area contributed by atoms with Crippen LogP contribution >= 0.6 is 0 Å².